The number of nitrogens with one attached hydrogen (secondary N) is 2. The molecule has 4 N–H and O–H groups in total. The number of aryl methyl sites for hydroxylation is 1. The number of carbonyl (C=O) groups excluding carboxylic acids is 1. The minimum absolute atomic E-state index is 0.0337. The molecular weight excluding hydrogens is 809 g/mol. The molecule has 1 amide bonds. The minimum Gasteiger partial charge on any atom is -0.478 e. The van der Waals surface area contributed by atoms with Crippen LogP contribution in [0.3, 0.4) is 0 Å². The summed E-state index contributed by atoms with van der Waals surface area (Å²) in [4.78, 5) is 26.2. The lowest BCUT2D eigenvalue weighted by Gasteiger charge is -2.41. The second-order valence-corrected chi connectivity index (χ2v) is 17.9. The quantitative estimate of drug-likeness (QED) is 0.0702. The first-order valence-corrected chi connectivity index (χ1v) is 22.5. The van der Waals surface area contributed by atoms with E-state index in [1.165, 1.54) is 12.1 Å². The molecule has 1 heterocycles. The number of aromatic carboxylic acids is 1. The van der Waals surface area contributed by atoms with Gasteiger partial charge in [-0.1, -0.05) is 128 Å². The number of carboxylic acids is 1. The molecule has 0 aliphatic carbocycles. The molecule has 5 atom stereocenters. The van der Waals surface area contributed by atoms with Gasteiger partial charge < -0.3 is 25.0 Å². The molecule has 1 saturated heterocycles. The first kappa shape index (κ1) is 43.5. The molecule has 61 heavy (non-hydrogen) atoms. The number of ether oxygens (including phenoxy) is 2. The fourth-order valence-electron chi connectivity index (χ4n) is 7.27. The van der Waals surface area contributed by atoms with E-state index in [0.29, 0.717) is 5.75 Å². The van der Waals surface area contributed by atoms with Gasteiger partial charge in [0.05, 0.1) is 29.3 Å². The highest BCUT2D eigenvalue weighted by Gasteiger charge is 2.38. The number of rotatable bonds is 16. The van der Waals surface area contributed by atoms with E-state index in [1.54, 1.807) is 48.2 Å². The number of sulfonamides is 1. The number of amides is 1. The Morgan fingerprint density at radius 3 is 2.08 bits per heavy atom. The number of hydrogen-bond donors (Lipinski definition) is 4. The fourth-order valence-corrected chi connectivity index (χ4v) is 9.54. The second kappa shape index (κ2) is 19.9. The summed E-state index contributed by atoms with van der Waals surface area (Å²) in [5, 5.41) is 22.0. The van der Waals surface area contributed by atoms with Crippen LogP contribution in [0.4, 0.5) is 0 Å². The molecule has 0 aromatic heterocycles. The van der Waals surface area contributed by atoms with Crippen molar-refractivity contribution in [3.05, 3.63) is 191 Å². The van der Waals surface area contributed by atoms with E-state index in [4.69, 9.17) is 9.47 Å². The lowest BCUT2D eigenvalue weighted by Crippen LogP contribution is -2.47. The Hall–Kier alpha value is -5.60. The van der Waals surface area contributed by atoms with Crippen molar-refractivity contribution in [2.24, 2.45) is 5.92 Å². The Balaban J connectivity index is 1.08. The number of aliphatic hydroxyl groups is 1. The van der Waals surface area contributed by atoms with Crippen molar-refractivity contribution in [2.75, 3.05) is 5.75 Å². The van der Waals surface area contributed by atoms with Gasteiger partial charge in [0.2, 0.25) is 15.9 Å². The van der Waals surface area contributed by atoms with E-state index in [2.05, 4.69) is 17.0 Å². The zero-order valence-electron chi connectivity index (χ0n) is 33.8. The predicted octanol–water partition coefficient (Wildman–Crippen LogP) is 8.64. The first-order valence-electron chi connectivity index (χ1n) is 20.0. The van der Waals surface area contributed by atoms with Crippen molar-refractivity contribution < 1.29 is 37.7 Å². The van der Waals surface area contributed by atoms with Crippen LogP contribution in [0.15, 0.2) is 161 Å². The van der Waals surface area contributed by atoms with Gasteiger partial charge in [-0.15, -0.1) is 11.8 Å². The zero-order valence-corrected chi connectivity index (χ0v) is 35.4. The highest BCUT2D eigenvalue weighted by atomic mass is 32.2. The third-order valence-electron chi connectivity index (χ3n) is 10.8. The number of aliphatic hydroxyl groups excluding tert-OH is 1. The Kier molecular flexibility index (Phi) is 14.2. The standard InChI is InChI=1S/C49H48N2O8S2/c1-32-12-26-42(27-13-32)61(56,57)51-44(28-34-8-4-3-5-9-34)47(53)50-29-40-10-6-7-11-43(40)36-18-20-39(21-19-36)49-58-45(31-60-41-24-22-38(23-25-41)48(54)55)33(2)46(59-49)37-16-14-35(30-52)15-17-37/h3-27,33,44-46,49,51-52H,28-31H2,1-2H3,(H,50,53)(H,54,55)/t33-,44+,45+,46+,49+/m0/s1. The third-order valence-corrected chi connectivity index (χ3v) is 13.4. The summed E-state index contributed by atoms with van der Waals surface area (Å²) < 4.78 is 42.9. The molecule has 7 rings (SSSR count). The Labute approximate surface area is 361 Å². The Morgan fingerprint density at radius 1 is 0.754 bits per heavy atom. The molecule has 10 nitrogen and oxygen atoms in total. The molecule has 6 aromatic rings. The van der Waals surface area contributed by atoms with E-state index in [1.807, 2.05) is 110 Å². The van der Waals surface area contributed by atoms with E-state index in [-0.39, 0.29) is 48.2 Å². The van der Waals surface area contributed by atoms with E-state index in [0.717, 1.165) is 49.4 Å². The van der Waals surface area contributed by atoms with Crippen LogP contribution in [0, 0.1) is 12.8 Å². The van der Waals surface area contributed by atoms with Gasteiger partial charge in [-0.25, -0.2) is 13.2 Å². The van der Waals surface area contributed by atoms with Gasteiger partial charge in [-0.05, 0) is 83.1 Å². The average molecular weight is 857 g/mol. The van der Waals surface area contributed by atoms with Gasteiger partial charge in [0.25, 0.3) is 0 Å². The molecular formula is C49H48N2O8S2. The van der Waals surface area contributed by atoms with Crippen molar-refractivity contribution in [3.63, 3.8) is 0 Å². The molecule has 314 valence electrons. The van der Waals surface area contributed by atoms with E-state index >= 15 is 0 Å². The van der Waals surface area contributed by atoms with Gasteiger partial charge in [0, 0.05) is 28.7 Å². The molecule has 1 aliphatic rings. The normalized spacial score (nSPS) is 18.3. The molecule has 1 aliphatic heterocycles. The maximum Gasteiger partial charge on any atom is 0.335 e. The van der Waals surface area contributed by atoms with Crippen LogP contribution in [-0.4, -0.2) is 48.4 Å². The van der Waals surface area contributed by atoms with Crippen LogP contribution in [-0.2, 0) is 43.9 Å². The van der Waals surface area contributed by atoms with Crippen LogP contribution in [0.25, 0.3) is 11.1 Å². The first-order chi connectivity index (χ1) is 29.5. The van der Waals surface area contributed by atoms with Crippen molar-refractivity contribution >= 4 is 33.7 Å². The molecule has 1 fully saturated rings. The summed E-state index contributed by atoms with van der Waals surface area (Å²) >= 11 is 1.59. The largest absolute Gasteiger partial charge is 0.478 e. The number of hydrogen-bond acceptors (Lipinski definition) is 8. The number of thioether (sulfide) groups is 1. The van der Waals surface area contributed by atoms with Gasteiger partial charge in [0.1, 0.15) is 6.04 Å². The highest BCUT2D eigenvalue weighted by molar-refractivity contribution is 7.99. The molecule has 0 spiro atoms. The van der Waals surface area contributed by atoms with Crippen LogP contribution < -0.4 is 10.0 Å². The SMILES string of the molecule is Cc1ccc(S(=O)(=O)N[C@H](Cc2ccccc2)C(=O)NCc2ccccc2-c2ccc([C@@H]3O[C@H](CSc4ccc(C(=O)O)cc4)[C@H](C)[C@H](c4ccc(CO)cc4)O3)cc2)cc1. The van der Waals surface area contributed by atoms with Crippen LogP contribution in [0.1, 0.15) is 63.1 Å². The summed E-state index contributed by atoms with van der Waals surface area (Å²) in [5.41, 5.74) is 7.24. The van der Waals surface area contributed by atoms with Crippen LogP contribution in [0.2, 0.25) is 0 Å². The van der Waals surface area contributed by atoms with Gasteiger partial charge >= 0.3 is 5.97 Å². The molecule has 0 unspecified atom stereocenters. The zero-order chi connectivity index (χ0) is 42.9. The second-order valence-electron chi connectivity index (χ2n) is 15.1. The third kappa shape index (κ3) is 11.0. The summed E-state index contributed by atoms with van der Waals surface area (Å²) in [6.45, 7) is 4.08. The van der Waals surface area contributed by atoms with Gasteiger partial charge in [-0.2, -0.15) is 4.72 Å². The molecule has 6 aromatic carbocycles. The van der Waals surface area contributed by atoms with Crippen molar-refractivity contribution in [3.8, 4) is 11.1 Å². The highest BCUT2D eigenvalue weighted by Crippen LogP contribution is 2.43. The lowest BCUT2D eigenvalue weighted by molar-refractivity contribution is -0.268. The maximum atomic E-state index is 13.8. The Bertz CT molecular complexity index is 2520. The van der Waals surface area contributed by atoms with Crippen molar-refractivity contribution in [2.45, 2.75) is 67.8 Å². The monoisotopic (exact) mass is 856 g/mol. The summed E-state index contributed by atoms with van der Waals surface area (Å²) in [6.07, 6.45) is -1.05. The molecule has 0 saturated carbocycles. The smallest absolute Gasteiger partial charge is 0.335 e. The number of benzene rings is 6. The van der Waals surface area contributed by atoms with E-state index < -0.39 is 34.2 Å². The van der Waals surface area contributed by atoms with E-state index in [9.17, 15) is 28.2 Å². The molecule has 0 bridgehead atoms. The molecule has 0 radical (unpaired) electrons. The summed E-state index contributed by atoms with van der Waals surface area (Å²) in [6, 6.07) is 45.0. The number of carbonyl (C=O) groups is 2. The fraction of sp³-hybridized carbons (Fsp3) is 0.224. The minimum atomic E-state index is -4.00. The molecule has 12 heteroatoms. The van der Waals surface area contributed by atoms with Crippen LogP contribution >= 0.6 is 11.8 Å². The predicted molar refractivity (Wildman–Crippen MR) is 236 cm³/mol. The van der Waals surface area contributed by atoms with Crippen molar-refractivity contribution in [1.82, 2.24) is 10.0 Å². The summed E-state index contributed by atoms with van der Waals surface area (Å²) in [5.74, 6) is -0.846. The lowest BCUT2D eigenvalue weighted by atomic mass is 9.91. The maximum absolute atomic E-state index is 13.8. The van der Waals surface area contributed by atoms with Crippen molar-refractivity contribution in [1.29, 1.82) is 0 Å². The average Bonchev–Trinajstić information content (AvgIpc) is 3.28. The number of carboxylic acid groups (broad SMARTS) is 1. The summed E-state index contributed by atoms with van der Waals surface area (Å²) in [7, 11) is -4.00. The van der Waals surface area contributed by atoms with Gasteiger partial charge in [0.15, 0.2) is 6.29 Å². The van der Waals surface area contributed by atoms with Crippen LogP contribution in [0.5, 0.6) is 0 Å². The topological polar surface area (TPSA) is 151 Å². The Morgan fingerprint density at radius 2 is 1.41 bits per heavy atom. The van der Waals surface area contributed by atoms with Gasteiger partial charge in [-0.3, -0.25) is 4.79 Å².